The van der Waals surface area contributed by atoms with Gasteiger partial charge in [0.05, 0.1) is 17.4 Å². The molecule has 3 aromatic rings. The van der Waals surface area contributed by atoms with Gasteiger partial charge in [-0.05, 0) is 36.8 Å². The van der Waals surface area contributed by atoms with Gasteiger partial charge in [-0.15, -0.1) is 0 Å². The zero-order valence-corrected chi connectivity index (χ0v) is 11.5. The Kier molecular flexibility index (Phi) is 3.60. The van der Waals surface area contributed by atoms with E-state index in [0.29, 0.717) is 5.39 Å². The molecule has 0 saturated heterocycles. The van der Waals surface area contributed by atoms with Crippen LogP contribution in [0.3, 0.4) is 0 Å². The smallest absolute Gasteiger partial charge is 0.124 e. The molecule has 1 heterocycles. The van der Waals surface area contributed by atoms with E-state index in [4.69, 9.17) is 0 Å². The highest BCUT2D eigenvalue weighted by Gasteiger charge is 2.04. The molecule has 1 aromatic heterocycles. The van der Waals surface area contributed by atoms with Crippen molar-refractivity contribution in [2.75, 3.05) is 5.43 Å². The summed E-state index contributed by atoms with van der Waals surface area (Å²) < 4.78 is 13.4. The van der Waals surface area contributed by atoms with E-state index < -0.39 is 0 Å². The Morgan fingerprint density at radius 3 is 2.71 bits per heavy atom. The lowest BCUT2D eigenvalue weighted by atomic mass is 10.1. The molecule has 21 heavy (non-hydrogen) atoms. The van der Waals surface area contributed by atoms with Crippen LogP contribution in [0.5, 0.6) is 0 Å². The van der Waals surface area contributed by atoms with E-state index in [2.05, 4.69) is 15.5 Å². The Morgan fingerprint density at radius 2 is 1.90 bits per heavy atom. The summed E-state index contributed by atoms with van der Waals surface area (Å²) in [5.74, 6) is -0.289. The number of aromatic nitrogens is 1. The van der Waals surface area contributed by atoms with Gasteiger partial charge >= 0.3 is 0 Å². The number of nitrogens with one attached hydrogen (secondary N) is 1. The van der Waals surface area contributed by atoms with Crippen molar-refractivity contribution in [3.8, 4) is 0 Å². The van der Waals surface area contributed by atoms with E-state index in [0.717, 1.165) is 22.5 Å². The van der Waals surface area contributed by atoms with Crippen molar-refractivity contribution in [3.63, 3.8) is 0 Å². The van der Waals surface area contributed by atoms with Gasteiger partial charge in [-0.25, -0.2) is 4.39 Å². The topological polar surface area (TPSA) is 37.3 Å². The minimum Gasteiger partial charge on any atom is -0.278 e. The van der Waals surface area contributed by atoms with Gasteiger partial charge in [0.25, 0.3) is 0 Å². The van der Waals surface area contributed by atoms with Crippen LogP contribution < -0.4 is 5.43 Å². The molecule has 2 aromatic carbocycles. The van der Waals surface area contributed by atoms with Crippen LogP contribution in [-0.2, 0) is 0 Å². The lowest BCUT2D eigenvalue weighted by Crippen LogP contribution is -1.95. The Hall–Kier alpha value is -2.75. The van der Waals surface area contributed by atoms with Gasteiger partial charge in [0.1, 0.15) is 5.82 Å². The normalized spacial score (nSPS) is 11.1. The Balaban J connectivity index is 1.93. The number of anilines is 1. The van der Waals surface area contributed by atoms with Crippen LogP contribution in [0.25, 0.3) is 10.9 Å². The van der Waals surface area contributed by atoms with Gasteiger partial charge in [-0.1, -0.05) is 30.3 Å². The molecule has 0 amide bonds. The molecule has 0 unspecified atom stereocenters. The second-order valence-electron chi connectivity index (χ2n) is 4.75. The highest BCUT2D eigenvalue weighted by Crippen LogP contribution is 2.24. The summed E-state index contributed by atoms with van der Waals surface area (Å²) in [7, 11) is 0. The SMILES string of the molecule is Cc1cc(NN=Cc2ccccc2)c2cc(F)ccc2n1. The molecule has 104 valence electrons. The molecular weight excluding hydrogens is 265 g/mol. The third-order valence-corrected chi connectivity index (χ3v) is 3.10. The van der Waals surface area contributed by atoms with Crippen molar-refractivity contribution in [2.24, 2.45) is 5.10 Å². The van der Waals surface area contributed by atoms with E-state index in [-0.39, 0.29) is 5.82 Å². The molecule has 3 rings (SSSR count). The number of hydrazone groups is 1. The van der Waals surface area contributed by atoms with E-state index in [1.807, 2.05) is 43.3 Å². The lowest BCUT2D eigenvalue weighted by molar-refractivity contribution is 0.629. The number of aryl methyl sites for hydroxylation is 1. The molecule has 0 aliphatic carbocycles. The lowest BCUT2D eigenvalue weighted by Gasteiger charge is -2.07. The second kappa shape index (κ2) is 5.71. The van der Waals surface area contributed by atoms with Gasteiger partial charge in [0.2, 0.25) is 0 Å². The Bertz CT molecular complexity index is 798. The summed E-state index contributed by atoms with van der Waals surface area (Å²) in [6, 6.07) is 16.2. The molecule has 0 spiro atoms. The first-order valence-corrected chi connectivity index (χ1v) is 6.63. The Morgan fingerprint density at radius 1 is 1.10 bits per heavy atom. The predicted octanol–water partition coefficient (Wildman–Crippen LogP) is 4.13. The highest BCUT2D eigenvalue weighted by molar-refractivity contribution is 5.92. The number of benzene rings is 2. The third-order valence-electron chi connectivity index (χ3n) is 3.10. The van der Waals surface area contributed by atoms with Crippen molar-refractivity contribution in [2.45, 2.75) is 6.92 Å². The monoisotopic (exact) mass is 279 g/mol. The van der Waals surface area contributed by atoms with Crippen LogP contribution >= 0.6 is 0 Å². The van der Waals surface area contributed by atoms with Gasteiger partial charge in [0, 0.05) is 11.1 Å². The van der Waals surface area contributed by atoms with Crippen LogP contribution in [0.1, 0.15) is 11.3 Å². The first kappa shape index (κ1) is 13.2. The summed E-state index contributed by atoms with van der Waals surface area (Å²) in [5.41, 5.74) is 6.30. The molecule has 4 heteroatoms. The van der Waals surface area contributed by atoms with E-state index in [1.165, 1.54) is 12.1 Å². The minimum absolute atomic E-state index is 0.289. The fraction of sp³-hybridized carbons (Fsp3) is 0.0588. The van der Waals surface area contributed by atoms with Gasteiger partial charge in [-0.3, -0.25) is 10.4 Å². The van der Waals surface area contributed by atoms with E-state index >= 15 is 0 Å². The maximum Gasteiger partial charge on any atom is 0.124 e. The fourth-order valence-electron chi connectivity index (χ4n) is 2.14. The Labute approximate surface area is 122 Å². The molecule has 0 fully saturated rings. The van der Waals surface area contributed by atoms with Crippen molar-refractivity contribution < 1.29 is 4.39 Å². The van der Waals surface area contributed by atoms with Crippen LogP contribution in [0.4, 0.5) is 10.1 Å². The molecule has 0 radical (unpaired) electrons. The summed E-state index contributed by atoms with van der Waals surface area (Å²) in [5, 5.41) is 4.92. The molecule has 0 bridgehead atoms. The zero-order valence-electron chi connectivity index (χ0n) is 11.5. The van der Waals surface area contributed by atoms with Crippen molar-refractivity contribution in [1.29, 1.82) is 0 Å². The van der Waals surface area contributed by atoms with E-state index in [1.54, 1.807) is 12.3 Å². The molecule has 1 N–H and O–H groups in total. The van der Waals surface area contributed by atoms with Crippen molar-refractivity contribution >= 4 is 22.8 Å². The number of pyridine rings is 1. The number of rotatable bonds is 3. The van der Waals surface area contributed by atoms with Crippen LogP contribution in [-0.4, -0.2) is 11.2 Å². The molecule has 0 atom stereocenters. The standard InChI is InChI=1S/C17H14FN3/c1-12-9-17(15-10-14(18)7-8-16(15)20-12)21-19-11-13-5-3-2-4-6-13/h2-11H,1H3,(H,20,21). The highest BCUT2D eigenvalue weighted by atomic mass is 19.1. The van der Waals surface area contributed by atoms with Gasteiger partial charge < -0.3 is 0 Å². The summed E-state index contributed by atoms with van der Waals surface area (Å²) >= 11 is 0. The number of fused-ring (bicyclic) bond motifs is 1. The second-order valence-corrected chi connectivity index (χ2v) is 4.75. The number of halogens is 1. The summed E-state index contributed by atoms with van der Waals surface area (Å²) in [4.78, 5) is 4.39. The minimum atomic E-state index is -0.289. The largest absolute Gasteiger partial charge is 0.278 e. The molecule has 3 nitrogen and oxygen atoms in total. The summed E-state index contributed by atoms with van der Waals surface area (Å²) in [6.45, 7) is 1.90. The quantitative estimate of drug-likeness (QED) is 0.578. The van der Waals surface area contributed by atoms with Crippen LogP contribution in [0.15, 0.2) is 59.7 Å². The zero-order chi connectivity index (χ0) is 14.7. The third kappa shape index (κ3) is 3.05. The molecule has 0 aliphatic heterocycles. The maximum absolute atomic E-state index is 13.4. The summed E-state index contributed by atoms with van der Waals surface area (Å²) in [6.07, 6.45) is 1.72. The maximum atomic E-state index is 13.4. The van der Waals surface area contributed by atoms with Crippen molar-refractivity contribution in [3.05, 3.63) is 71.7 Å². The average Bonchev–Trinajstić information content (AvgIpc) is 2.49. The molecular formula is C17H14FN3. The number of nitrogens with zero attached hydrogens (tertiary/aromatic N) is 2. The van der Waals surface area contributed by atoms with Crippen LogP contribution in [0, 0.1) is 12.7 Å². The van der Waals surface area contributed by atoms with Gasteiger partial charge in [0.15, 0.2) is 0 Å². The van der Waals surface area contributed by atoms with Gasteiger partial charge in [-0.2, -0.15) is 5.10 Å². The van der Waals surface area contributed by atoms with Crippen LogP contribution in [0.2, 0.25) is 0 Å². The van der Waals surface area contributed by atoms with E-state index in [9.17, 15) is 4.39 Å². The number of hydrogen-bond acceptors (Lipinski definition) is 3. The molecule has 0 saturated carbocycles. The first-order chi connectivity index (χ1) is 10.2. The van der Waals surface area contributed by atoms with Crippen molar-refractivity contribution in [1.82, 2.24) is 4.98 Å². The fourth-order valence-corrected chi connectivity index (χ4v) is 2.14. The average molecular weight is 279 g/mol. The number of hydrogen-bond donors (Lipinski definition) is 1. The molecule has 0 aliphatic rings. The first-order valence-electron chi connectivity index (χ1n) is 6.63. The predicted molar refractivity (Wildman–Crippen MR) is 84.1 cm³/mol.